The summed E-state index contributed by atoms with van der Waals surface area (Å²) < 4.78 is 5.39. The van der Waals surface area contributed by atoms with Gasteiger partial charge >= 0.3 is 0 Å². The highest BCUT2D eigenvalue weighted by atomic mass is 16.5. The van der Waals surface area contributed by atoms with E-state index in [0.717, 1.165) is 30.9 Å². The summed E-state index contributed by atoms with van der Waals surface area (Å²) in [5.74, 6) is 0. The Morgan fingerprint density at radius 1 is 1.47 bits per heavy atom. The zero-order chi connectivity index (χ0) is 10.8. The highest BCUT2D eigenvalue weighted by Crippen LogP contribution is 2.23. The van der Waals surface area contributed by atoms with E-state index in [9.17, 15) is 0 Å². The Kier molecular flexibility index (Phi) is 2.82. The predicted octanol–water partition coefficient (Wildman–Crippen LogP) is 1.80. The molecule has 0 spiro atoms. The van der Waals surface area contributed by atoms with Crippen LogP contribution in [0, 0.1) is 6.92 Å². The van der Waals surface area contributed by atoms with E-state index in [1.54, 1.807) is 0 Å². The maximum absolute atomic E-state index is 5.80. The number of ether oxygens (including phenoxy) is 1. The molecule has 1 aromatic rings. The van der Waals surface area contributed by atoms with Gasteiger partial charge in [0, 0.05) is 25.0 Å². The molecule has 1 saturated heterocycles. The molecule has 0 bridgehead atoms. The highest BCUT2D eigenvalue weighted by Gasteiger charge is 2.20. The molecule has 1 fully saturated rings. The van der Waals surface area contributed by atoms with Crippen molar-refractivity contribution in [3.63, 3.8) is 0 Å². The average molecular weight is 206 g/mol. The van der Waals surface area contributed by atoms with Crippen molar-refractivity contribution in [3.8, 4) is 0 Å². The Morgan fingerprint density at radius 2 is 2.27 bits per heavy atom. The van der Waals surface area contributed by atoms with Crippen molar-refractivity contribution in [1.29, 1.82) is 0 Å². The van der Waals surface area contributed by atoms with Crippen molar-refractivity contribution in [2.24, 2.45) is 0 Å². The molecule has 2 rings (SSSR count). The summed E-state index contributed by atoms with van der Waals surface area (Å²) in [7, 11) is 2.12. The predicted molar refractivity (Wildman–Crippen MR) is 63.2 cm³/mol. The van der Waals surface area contributed by atoms with Crippen molar-refractivity contribution >= 4 is 11.4 Å². The molecule has 0 aliphatic carbocycles. The van der Waals surface area contributed by atoms with Crippen LogP contribution in [0.3, 0.4) is 0 Å². The van der Waals surface area contributed by atoms with Gasteiger partial charge in [0.2, 0.25) is 0 Å². The van der Waals surface area contributed by atoms with E-state index in [2.05, 4.69) is 24.1 Å². The van der Waals surface area contributed by atoms with Crippen LogP contribution < -0.4 is 10.6 Å². The Morgan fingerprint density at radius 3 is 2.87 bits per heavy atom. The van der Waals surface area contributed by atoms with Crippen molar-refractivity contribution in [2.75, 3.05) is 30.9 Å². The van der Waals surface area contributed by atoms with Crippen molar-refractivity contribution in [1.82, 2.24) is 0 Å². The summed E-state index contributed by atoms with van der Waals surface area (Å²) in [6.07, 6.45) is 1.11. The van der Waals surface area contributed by atoms with Crippen LogP contribution in [0.5, 0.6) is 0 Å². The fraction of sp³-hybridized carbons (Fsp3) is 0.500. The van der Waals surface area contributed by atoms with Crippen molar-refractivity contribution < 1.29 is 4.74 Å². The molecule has 15 heavy (non-hydrogen) atoms. The molecule has 3 nitrogen and oxygen atoms in total. The van der Waals surface area contributed by atoms with E-state index in [4.69, 9.17) is 10.5 Å². The van der Waals surface area contributed by atoms with Gasteiger partial charge in [-0.3, -0.25) is 0 Å². The summed E-state index contributed by atoms with van der Waals surface area (Å²) >= 11 is 0. The second-order valence-corrected chi connectivity index (χ2v) is 4.17. The maximum Gasteiger partial charge on any atom is 0.0670 e. The molecule has 1 aliphatic rings. The van der Waals surface area contributed by atoms with Gasteiger partial charge in [-0.2, -0.15) is 0 Å². The summed E-state index contributed by atoms with van der Waals surface area (Å²) in [6, 6.07) is 6.68. The smallest absolute Gasteiger partial charge is 0.0670 e. The first-order chi connectivity index (χ1) is 7.18. The molecule has 0 saturated carbocycles. The van der Waals surface area contributed by atoms with E-state index < -0.39 is 0 Å². The third-order valence-corrected chi connectivity index (χ3v) is 3.11. The minimum Gasteiger partial charge on any atom is -0.399 e. The van der Waals surface area contributed by atoms with Crippen LogP contribution in [0.15, 0.2) is 18.2 Å². The second kappa shape index (κ2) is 4.11. The molecule has 1 atom stereocenters. The van der Waals surface area contributed by atoms with Gasteiger partial charge in [0.15, 0.2) is 0 Å². The molecule has 1 heterocycles. The molecule has 82 valence electrons. The van der Waals surface area contributed by atoms with Crippen LogP contribution in [0.4, 0.5) is 11.4 Å². The van der Waals surface area contributed by atoms with Crippen molar-refractivity contribution in [3.05, 3.63) is 23.8 Å². The van der Waals surface area contributed by atoms with E-state index in [-0.39, 0.29) is 0 Å². The normalized spacial score (nSPS) is 20.5. The summed E-state index contributed by atoms with van der Waals surface area (Å²) in [5, 5.41) is 0. The van der Waals surface area contributed by atoms with E-state index in [1.165, 1.54) is 5.69 Å². The lowest BCUT2D eigenvalue weighted by molar-refractivity contribution is 0.193. The number of nitrogens with zero attached hydrogens (tertiary/aromatic N) is 1. The second-order valence-electron chi connectivity index (χ2n) is 4.17. The first-order valence-electron chi connectivity index (χ1n) is 5.35. The number of benzene rings is 1. The monoisotopic (exact) mass is 206 g/mol. The first-order valence-corrected chi connectivity index (χ1v) is 5.35. The van der Waals surface area contributed by atoms with Gasteiger partial charge in [0.1, 0.15) is 0 Å². The van der Waals surface area contributed by atoms with Gasteiger partial charge in [-0.1, -0.05) is 0 Å². The Labute approximate surface area is 90.8 Å². The maximum atomic E-state index is 5.80. The van der Waals surface area contributed by atoms with Crippen LogP contribution >= 0.6 is 0 Å². The van der Waals surface area contributed by atoms with Crippen LogP contribution in [-0.2, 0) is 4.74 Å². The molecule has 0 amide bonds. The average Bonchev–Trinajstić information content (AvgIpc) is 2.74. The minimum absolute atomic E-state index is 0.507. The van der Waals surface area contributed by atoms with Crippen LogP contribution in [0.1, 0.15) is 12.0 Å². The van der Waals surface area contributed by atoms with Crippen molar-refractivity contribution in [2.45, 2.75) is 19.4 Å². The molecule has 1 aliphatic heterocycles. The van der Waals surface area contributed by atoms with Gasteiger partial charge in [-0.25, -0.2) is 0 Å². The summed E-state index contributed by atoms with van der Waals surface area (Å²) in [6.45, 7) is 3.75. The lowest BCUT2D eigenvalue weighted by Gasteiger charge is -2.25. The van der Waals surface area contributed by atoms with E-state index >= 15 is 0 Å². The van der Waals surface area contributed by atoms with Gasteiger partial charge in [-0.15, -0.1) is 0 Å². The quantitative estimate of drug-likeness (QED) is 0.750. The van der Waals surface area contributed by atoms with Crippen LogP contribution in [-0.4, -0.2) is 26.3 Å². The first kappa shape index (κ1) is 10.3. The number of aryl methyl sites for hydroxylation is 1. The zero-order valence-corrected chi connectivity index (χ0v) is 9.36. The highest BCUT2D eigenvalue weighted by molar-refractivity contribution is 5.58. The SMILES string of the molecule is Cc1cc(N(C)C2CCOC2)ccc1N. The van der Waals surface area contributed by atoms with Gasteiger partial charge in [0.25, 0.3) is 0 Å². The zero-order valence-electron chi connectivity index (χ0n) is 9.36. The molecule has 0 radical (unpaired) electrons. The molecule has 2 N–H and O–H groups in total. The number of nitrogen functional groups attached to an aromatic ring is 1. The fourth-order valence-corrected chi connectivity index (χ4v) is 1.92. The van der Waals surface area contributed by atoms with E-state index in [1.807, 2.05) is 13.0 Å². The van der Waals surface area contributed by atoms with E-state index in [0.29, 0.717) is 6.04 Å². The molecule has 1 unspecified atom stereocenters. The van der Waals surface area contributed by atoms with Gasteiger partial charge in [0.05, 0.1) is 12.6 Å². The third kappa shape index (κ3) is 2.07. The molecular weight excluding hydrogens is 188 g/mol. The Bertz CT molecular complexity index is 345. The molecule has 3 heteroatoms. The number of hydrogen-bond acceptors (Lipinski definition) is 3. The molecule has 1 aromatic carbocycles. The Balaban J connectivity index is 2.17. The van der Waals surface area contributed by atoms with Crippen LogP contribution in [0.2, 0.25) is 0 Å². The molecular formula is C12H18N2O. The number of anilines is 2. The number of rotatable bonds is 2. The fourth-order valence-electron chi connectivity index (χ4n) is 1.92. The van der Waals surface area contributed by atoms with Gasteiger partial charge < -0.3 is 15.4 Å². The standard InChI is InChI=1S/C12H18N2O/c1-9-7-10(3-4-12(9)13)14(2)11-5-6-15-8-11/h3-4,7,11H,5-6,8,13H2,1-2H3. The Hall–Kier alpha value is -1.22. The topological polar surface area (TPSA) is 38.5 Å². The van der Waals surface area contributed by atoms with Gasteiger partial charge in [-0.05, 0) is 37.1 Å². The largest absolute Gasteiger partial charge is 0.399 e. The van der Waals surface area contributed by atoms with Crippen LogP contribution in [0.25, 0.3) is 0 Å². The number of likely N-dealkylation sites (N-methyl/N-ethyl adjacent to an activating group) is 1. The lowest BCUT2D eigenvalue weighted by Crippen LogP contribution is -2.31. The summed E-state index contributed by atoms with van der Waals surface area (Å²) in [4.78, 5) is 2.28. The number of nitrogens with two attached hydrogens (primary N) is 1. The third-order valence-electron chi connectivity index (χ3n) is 3.11. The lowest BCUT2D eigenvalue weighted by atomic mass is 10.1. The number of hydrogen-bond donors (Lipinski definition) is 1. The minimum atomic E-state index is 0.507. The molecule has 0 aromatic heterocycles. The summed E-state index contributed by atoms with van der Waals surface area (Å²) in [5.41, 5.74) is 9.01.